The summed E-state index contributed by atoms with van der Waals surface area (Å²) in [5.41, 5.74) is 4.19. The van der Waals surface area contributed by atoms with Crippen LogP contribution in [0.2, 0.25) is 0 Å². The minimum absolute atomic E-state index is 0.149. The highest BCUT2D eigenvalue weighted by Crippen LogP contribution is 2.21. The van der Waals surface area contributed by atoms with Crippen LogP contribution in [0.5, 0.6) is 0 Å². The maximum atomic E-state index is 12.6. The number of aryl methyl sites for hydroxylation is 2. The highest BCUT2D eigenvalue weighted by atomic mass is 32.2. The van der Waals surface area contributed by atoms with Crippen molar-refractivity contribution >= 4 is 17.5 Å². The molecule has 0 bridgehead atoms. The largest absolute Gasteiger partial charge is 0.344 e. The van der Waals surface area contributed by atoms with E-state index in [0.29, 0.717) is 5.75 Å². The quantitative estimate of drug-likeness (QED) is 0.506. The Morgan fingerprint density at radius 3 is 2.62 bits per heavy atom. The summed E-state index contributed by atoms with van der Waals surface area (Å²) in [7, 11) is 1.94. The van der Waals surface area contributed by atoms with E-state index < -0.39 is 0 Å². The minimum Gasteiger partial charge on any atom is -0.344 e. The van der Waals surface area contributed by atoms with Crippen LogP contribution in [0.1, 0.15) is 27.3 Å². The first kappa shape index (κ1) is 16.6. The first-order chi connectivity index (χ1) is 11.6. The van der Waals surface area contributed by atoms with Gasteiger partial charge in [-0.15, -0.1) is 0 Å². The van der Waals surface area contributed by atoms with E-state index in [0.717, 1.165) is 28.7 Å². The molecule has 0 spiro atoms. The van der Waals surface area contributed by atoms with E-state index in [1.165, 1.54) is 17.3 Å². The molecule has 24 heavy (non-hydrogen) atoms. The van der Waals surface area contributed by atoms with E-state index in [1.807, 2.05) is 49.0 Å². The predicted octanol–water partition coefficient (Wildman–Crippen LogP) is 3.86. The van der Waals surface area contributed by atoms with Crippen molar-refractivity contribution in [1.82, 2.24) is 14.1 Å². The van der Waals surface area contributed by atoms with Gasteiger partial charge in [-0.05, 0) is 25.5 Å². The lowest BCUT2D eigenvalue weighted by Gasteiger charge is -2.10. The van der Waals surface area contributed by atoms with Gasteiger partial charge in [-0.1, -0.05) is 42.1 Å². The molecular formula is C19H21N3OS. The van der Waals surface area contributed by atoms with Crippen molar-refractivity contribution in [2.24, 2.45) is 7.05 Å². The van der Waals surface area contributed by atoms with E-state index in [4.69, 9.17) is 0 Å². The third kappa shape index (κ3) is 3.46. The molecule has 0 aliphatic carbocycles. The first-order valence-electron chi connectivity index (χ1n) is 7.90. The number of carbonyl (C=O) groups is 1. The zero-order valence-electron chi connectivity index (χ0n) is 14.2. The van der Waals surface area contributed by atoms with Crippen LogP contribution >= 0.6 is 11.8 Å². The summed E-state index contributed by atoms with van der Waals surface area (Å²) in [6, 6.07) is 12.3. The molecule has 1 aromatic carbocycles. The van der Waals surface area contributed by atoms with Gasteiger partial charge in [-0.2, -0.15) is 0 Å². The van der Waals surface area contributed by atoms with Gasteiger partial charge in [0.2, 0.25) is 0 Å². The number of hydrogen-bond donors (Lipinski definition) is 0. The number of nitrogens with zero attached hydrogens (tertiary/aromatic N) is 3. The van der Waals surface area contributed by atoms with Gasteiger partial charge in [0.25, 0.3) is 0 Å². The van der Waals surface area contributed by atoms with Crippen molar-refractivity contribution in [1.29, 1.82) is 0 Å². The number of ketones is 1. The average molecular weight is 339 g/mol. The second-order valence-electron chi connectivity index (χ2n) is 5.89. The third-order valence-electron chi connectivity index (χ3n) is 4.17. The van der Waals surface area contributed by atoms with Gasteiger partial charge in [0.1, 0.15) is 0 Å². The Morgan fingerprint density at radius 1 is 1.21 bits per heavy atom. The fraction of sp³-hybridized carbons (Fsp3) is 0.263. The Kier molecular flexibility index (Phi) is 4.90. The Labute approximate surface area is 146 Å². The number of thioether (sulfide) groups is 1. The van der Waals surface area contributed by atoms with E-state index in [2.05, 4.69) is 28.6 Å². The molecule has 2 aromatic heterocycles. The normalized spacial score (nSPS) is 11.0. The van der Waals surface area contributed by atoms with Gasteiger partial charge in [0, 0.05) is 42.9 Å². The minimum atomic E-state index is 0.149. The maximum Gasteiger partial charge on any atom is 0.175 e. The average Bonchev–Trinajstić information content (AvgIpc) is 3.11. The molecule has 3 aromatic rings. The lowest BCUT2D eigenvalue weighted by Crippen LogP contribution is -2.08. The number of hydrogen-bond acceptors (Lipinski definition) is 3. The molecule has 3 rings (SSSR count). The van der Waals surface area contributed by atoms with Crippen LogP contribution in [0.15, 0.2) is 53.9 Å². The van der Waals surface area contributed by atoms with Crippen LogP contribution < -0.4 is 0 Å². The molecule has 0 unspecified atom stereocenters. The molecule has 5 heteroatoms. The molecule has 2 heterocycles. The predicted molar refractivity (Wildman–Crippen MR) is 97.7 cm³/mol. The summed E-state index contributed by atoms with van der Waals surface area (Å²) in [5, 5.41) is 0.862. The van der Waals surface area contributed by atoms with Crippen LogP contribution in [0.3, 0.4) is 0 Å². The Hall–Kier alpha value is -2.27. The van der Waals surface area contributed by atoms with Crippen molar-refractivity contribution in [3.8, 4) is 0 Å². The van der Waals surface area contributed by atoms with E-state index >= 15 is 0 Å². The molecule has 0 radical (unpaired) electrons. The number of rotatable bonds is 6. The second kappa shape index (κ2) is 7.09. The number of Topliss-reactive ketones (excluding diaryl/α,β-unsaturated/α-hetero) is 1. The topological polar surface area (TPSA) is 39.8 Å². The molecule has 4 nitrogen and oxygen atoms in total. The van der Waals surface area contributed by atoms with E-state index in [-0.39, 0.29) is 5.78 Å². The van der Waals surface area contributed by atoms with Gasteiger partial charge in [-0.25, -0.2) is 4.98 Å². The number of aromatic nitrogens is 3. The van der Waals surface area contributed by atoms with E-state index in [1.54, 1.807) is 6.20 Å². The van der Waals surface area contributed by atoms with Crippen molar-refractivity contribution in [2.75, 3.05) is 5.75 Å². The number of benzene rings is 1. The van der Waals surface area contributed by atoms with Gasteiger partial charge in [-0.3, -0.25) is 4.79 Å². The Morgan fingerprint density at radius 2 is 1.96 bits per heavy atom. The van der Waals surface area contributed by atoms with Gasteiger partial charge in [0.05, 0.1) is 5.75 Å². The molecule has 0 N–H and O–H groups in total. The van der Waals surface area contributed by atoms with Gasteiger partial charge >= 0.3 is 0 Å². The first-order valence-corrected chi connectivity index (χ1v) is 8.89. The number of carbonyl (C=O) groups excluding carboxylic acids is 1. The standard InChI is InChI=1S/C19H21N3OS/c1-14-11-17(18(23)13-24-19-20-9-10-21(19)3)15(2)22(14)12-16-7-5-4-6-8-16/h4-11H,12-13H2,1-3H3. The summed E-state index contributed by atoms with van der Waals surface area (Å²) in [6.45, 7) is 4.87. The van der Waals surface area contributed by atoms with Gasteiger partial charge < -0.3 is 9.13 Å². The lowest BCUT2D eigenvalue weighted by molar-refractivity contribution is 0.102. The molecule has 0 fully saturated rings. The third-order valence-corrected chi connectivity index (χ3v) is 5.23. The zero-order valence-corrected chi connectivity index (χ0v) is 15.0. The molecular weight excluding hydrogens is 318 g/mol. The molecule has 0 atom stereocenters. The Balaban J connectivity index is 1.75. The Bertz CT molecular complexity index is 849. The highest BCUT2D eigenvalue weighted by molar-refractivity contribution is 7.99. The lowest BCUT2D eigenvalue weighted by atomic mass is 10.2. The van der Waals surface area contributed by atoms with E-state index in [9.17, 15) is 4.79 Å². The summed E-state index contributed by atoms with van der Waals surface area (Å²) in [4.78, 5) is 16.9. The second-order valence-corrected chi connectivity index (χ2v) is 6.83. The monoisotopic (exact) mass is 339 g/mol. The molecule has 0 aliphatic heterocycles. The SMILES string of the molecule is Cc1cc(C(=O)CSc2nccn2C)c(C)n1Cc1ccccc1. The van der Waals surface area contributed by atoms with Crippen LogP contribution in [-0.2, 0) is 13.6 Å². The molecule has 0 saturated carbocycles. The highest BCUT2D eigenvalue weighted by Gasteiger charge is 2.16. The summed E-state index contributed by atoms with van der Waals surface area (Å²) >= 11 is 1.48. The van der Waals surface area contributed by atoms with Crippen LogP contribution in [0.25, 0.3) is 0 Å². The smallest absolute Gasteiger partial charge is 0.175 e. The maximum absolute atomic E-state index is 12.6. The molecule has 0 saturated heterocycles. The summed E-state index contributed by atoms with van der Waals surface area (Å²) < 4.78 is 4.13. The summed E-state index contributed by atoms with van der Waals surface area (Å²) in [5.74, 6) is 0.552. The van der Waals surface area contributed by atoms with Crippen molar-refractivity contribution in [2.45, 2.75) is 25.5 Å². The van der Waals surface area contributed by atoms with Crippen molar-refractivity contribution < 1.29 is 4.79 Å². The fourth-order valence-electron chi connectivity index (χ4n) is 2.79. The summed E-state index contributed by atoms with van der Waals surface area (Å²) in [6.07, 6.45) is 3.64. The molecule has 0 amide bonds. The molecule has 0 aliphatic rings. The van der Waals surface area contributed by atoms with Gasteiger partial charge in [0.15, 0.2) is 10.9 Å². The van der Waals surface area contributed by atoms with Crippen LogP contribution in [0.4, 0.5) is 0 Å². The zero-order chi connectivity index (χ0) is 17.1. The van der Waals surface area contributed by atoms with Crippen molar-refractivity contribution in [3.63, 3.8) is 0 Å². The van der Waals surface area contributed by atoms with Crippen LogP contribution in [-0.4, -0.2) is 25.7 Å². The fourth-order valence-corrected chi connectivity index (χ4v) is 3.61. The van der Waals surface area contributed by atoms with Crippen molar-refractivity contribution in [3.05, 3.63) is 71.3 Å². The van der Waals surface area contributed by atoms with Crippen LogP contribution in [0, 0.1) is 13.8 Å². The number of imidazole rings is 1. The molecule has 124 valence electrons.